The molecular weight excluding hydrogens is 458 g/mol. The summed E-state index contributed by atoms with van der Waals surface area (Å²) in [6.07, 6.45) is 4.54. The summed E-state index contributed by atoms with van der Waals surface area (Å²) in [5.41, 5.74) is 4.58. The van der Waals surface area contributed by atoms with Crippen molar-refractivity contribution in [3.63, 3.8) is 0 Å². The number of hydrogen-bond donors (Lipinski definition) is 1. The van der Waals surface area contributed by atoms with E-state index in [-0.39, 0.29) is 11.8 Å². The van der Waals surface area contributed by atoms with Crippen molar-refractivity contribution in [2.24, 2.45) is 0 Å². The first-order chi connectivity index (χ1) is 17.1. The predicted octanol–water partition coefficient (Wildman–Crippen LogP) is 4.80. The Kier molecular flexibility index (Phi) is 6.83. The van der Waals surface area contributed by atoms with Gasteiger partial charge in [-0.15, -0.1) is 0 Å². The number of fused-ring (bicyclic) bond motifs is 3. The molecule has 2 aromatic heterocycles. The number of benzene rings is 2. The number of carbonyl (C=O) groups is 2. The van der Waals surface area contributed by atoms with E-state index in [4.69, 9.17) is 4.98 Å². The van der Waals surface area contributed by atoms with Crippen LogP contribution in [-0.2, 0) is 4.79 Å². The normalized spacial score (nSPS) is 14.0. The maximum atomic E-state index is 12.6. The second-order valence-electron chi connectivity index (χ2n) is 8.90. The standard InChI is InChI=1S/C27H31N5O2S/c1-3-30(4-2)15-6-14-28-26(34)20-10-13-23-24(17-20)35-27-29-22(18-32(23)27)19-8-11-21(12-9-19)31-16-5-7-25(31)33/h8-13,17-18H,3-7,14-16H2,1-2H3,(H,28,34). The summed E-state index contributed by atoms with van der Waals surface area (Å²) < 4.78 is 3.12. The van der Waals surface area contributed by atoms with Gasteiger partial charge >= 0.3 is 0 Å². The number of imidazole rings is 1. The van der Waals surface area contributed by atoms with Crippen LogP contribution in [0.1, 0.15) is 43.5 Å². The zero-order valence-electron chi connectivity index (χ0n) is 20.3. The van der Waals surface area contributed by atoms with Gasteiger partial charge in [0.05, 0.1) is 15.9 Å². The Morgan fingerprint density at radius 3 is 2.66 bits per heavy atom. The van der Waals surface area contributed by atoms with Gasteiger partial charge in [-0.1, -0.05) is 37.3 Å². The van der Waals surface area contributed by atoms with Gasteiger partial charge in [0.1, 0.15) is 0 Å². The Bertz CT molecular complexity index is 1350. The van der Waals surface area contributed by atoms with Crippen molar-refractivity contribution in [1.82, 2.24) is 19.6 Å². The molecule has 5 rings (SSSR count). The molecule has 182 valence electrons. The highest BCUT2D eigenvalue weighted by atomic mass is 32.1. The minimum absolute atomic E-state index is 0.0326. The highest BCUT2D eigenvalue weighted by Gasteiger charge is 2.21. The number of rotatable bonds is 9. The maximum absolute atomic E-state index is 12.6. The molecule has 0 radical (unpaired) electrons. The molecule has 3 heterocycles. The minimum atomic E-state index is -0.0326. The summed E-state index contributed by atoms with van der Waals surface area (Å²) in [6.45, 7) is 8.85. The predicted molar refractivity (Wildman–Crippen MR) is 142 cm³/mol. The first-order valence-electron chi connectivity index (χ1n) is 12.4. The molecule has 0 atom stereocenters. The number of aromatic nitrogens is 2. The van der Waals surface area contributed by atoms with Crippen molar-refractivity contribution in [2.75, 3.05) is 37.6 Å². The van der Waals surface area contributed by atoms with Crippen molar-refractivity contribution < 1.29 is 9.59 Å². The number of carbonyl (C=O) groups excluding carboxylic acids is 2. The van der Waals surface area contributed by atoms with Crippen LogP contribution in [0.15, 0.2) is 48.7 Å². The van der Waals surface area contributed by atoms with Gasteiger partial charge in [0.15, 0.2) is 4.96 Å². The Labute approximate surface area is 209 Å². The molecule has 1 saturated heterocycles. The monoisotopic (exact) mass is 489 g/mol. The second-order valence-corrected chi connectivity index (χ2v) is 9.90. The molecule has 7 nitrogen and oxygen atoms in total. The van der Waals surface area contributed by atoms with Gasteiger partial charge in [-0.2, -0.15) is 0 Å². The molecule has 8 heteroatoms. The van der Waals surface area contributed by atoms with Gasteiger partial charge in [-0.05, 0) is 62.8 Å². The van der Waals surface area contributed by atoms with Crippen LogP contribution in [0.25, 0.3) is 26.4 Å². The Hall–Kier alpha value is -3.23. The number of thiazole rings is 1. The van der Waals surface area contributed by atoms with E-state index >= 15 is 0 Å². The number of nitrogens with zero attached hydrogens (tertiary/aromatic N) is 4. The summed E-state index contributed by atoms with van der Waals surface area (Å²) in [5.74, 6) is 0.161. The van der Waals surface area contributed by atoms with Crippen LogP contribution >= 0.6 is 11.3 Å². The van der Waals surface area contributed by atoms with E-state index in [2.05, 4.69) is 28.5 Å². The first-order valence-corrected chi connectivity index (χ1v) is 13.2. The Morgan fingerprint density at radius 2 is 1.94 bits per heavy atom. The lowest BCUT2D eigenvalue weighted by atomic mass is 10.1. The quantitative estimate of drug-likeness (QED) is 0.343. The van der Waals surface area contributed by atoms with E-state index in [0.717, 1.165) is 71.1 Å². The van der Waals surface area contributed by atoms with E-state index in [1.807, 2.05) is 53.6 Å². The molecule has 0 spiro atoms. The molecule has 1 aliphatic rings. The minimum Gasteiger partial charge on any atom is -0.352 e. The molecule has 0 saturated carbocycles. The Morgan fingerprint density at radius 1 is 1.14 bits per heavy atom. The van der Waals surface area contributed by atoms with Gasteiger partial charge in [-0.25, -0.2) is 4.98 Å². The van der Waals surface area contributed by atoms with E-state index < -0.39 is 0 Å². The first kappa shape index (κ1) is 23.5. The molecular formula is C27H31N5O2S. The summed E-state index contributed by atoms with van der Waals surface area (Å²) >= 11 is 1.58. The molecule has 4 aromatic rings. The molecule has 0 bridgehead atoms. The molecule has 2 amide bonds. The Balaban J connectivity index is 1.28. The molecule has 0 aliphatic carbocycles. The highest BCUT2D eigenvalue weighted by Crippen LogP contribution is 2.31. The lowest BCUT2D eigenvalue weighted by molar-refractivity contribution is -0.117. The summed E-state index contributed by atoms with van der Waals surface area (Å²) in [6, 6.07) is 13.9. The van der Waals surface area contributed by atoms with Crippen LogP contribution in [-0.4, -0.2) is 58.8 Å². The van der Waals surface area contributed by atoms with E-state index in [9.17, 15) is 9.59 Å². The lowest BCUT2D eigenvalue weighted by Crippen LogP contribution is -2.29. The van der Waals surface area contributed by atoms with Crippen molar-refractivity contribution in [3.05, 3.63) is 54.2 Å². The lowest BCUT2D eigenvalue weighted by Gasteiger charge is -2.17. The van der Waals surface area contributed by atoms with Gasteiger partial charge in [0.2, 0.25) is 5.91 Å². The average molecular weight is 490 g/mol. The van der Waals surface area contributed by atoms with Gasteiger partial charge in [-0.3, -0.25) is 14.0 Å². The number of anilines is 1. The van der Waals surface area contributed by atoms with Crippen LogP contribution in [0.2, 0.25) is 0 Å². The number of hydrogen-bond acceptors (Lipinski definition) is 5. The van der Waals surface area contributed by atoms with Gasteiger partial charge < -0.3 is 15.1 Å². The molecule has 2 aromatic carbocycles. The zero-order valence-corrected chi connectivity index (χ0v) is 21.1. The molecule has 1 fully saturated rings. The van der Waals surface area contributed by atoms with Crippen molar-refractivity contribution in [2.45, 2.75) is 33.1 Å². The molecule has 1 aliphatic heterocycles. The maximum Gasteiger partial charge on any atom is 0.251 e. The van der Waals surface area contributed by atoms with Gasteiger partial charge in [0, 0.05) is 42.5 Å². The van der Waals surface area contributed by atoms with Crippen LogP contribution in [0.3, 0.4) is 0 Å². The van der Waals surface area contributed by atoms with Crippen LogP contribution in [0, 0.1) is 0 Å². The summed E-state index contributed by atoms with van der Waals surface area (Å²) in [7, 11) is 0. The van der Waals surface area contributed by atoms with E-state index in [0.29, 0.717) is 18.5 Å². The number of amides is 2. The van der Waals surface area contributed by atoms with Gasteiger partial charge in [0.25, 0.3) is 5.91 Å². The topological polar surface area (TPSA) is 70.0 Å². The summed E-state index contributed by atoms with van der Waals surface area (Å²) in [5, 5.41) is 3.04. The fourth-order valence-electron chi connectivity index (χ4n) is 4.66. The second kappa shape index (κ2) is 10.2. The number of nitrogens with one attached hydrogen (secondary N) is 1. The summed E-state index contributed by atoms with van der Waals surface area (Å²) in [4.78, 5) is 34.6. The molecule has 35 heavy (non-hydrogen) atoms. The third kappa shape index (κ3) is 4.81. The molecule has 1 N–H and O–H groups in total. The van der Waals surface area contributed by atoms with Crippen molar-refractivity contribution in [3.8, 4) is 11.3 Å². The third-order valence-corrected chi connectivity index (χ3v) is 7.75. The average Bonchev–Trinajstić information content (AvgIpc) is 3.58. The van der Waals surface area contributed by atoms with Crippen molar-refractivity contribution in [1.29, 1.82) is 0 Å². The fraction of sp³-hybridized carbons (Fsp3) is 0.370. The highest BCUT2D eigenvalue weighted by molar-refractivity contribution is 7.23. The third-order valence-electron chi connectivity index (χ3n) is 6.74. The SMILES string of the molecule is CCN(CC)CCCNC(=O)c1ccc2c(c1)sc1nc(-c3ccc(N4CCCC4=O)cc3)cn12. The van der Waals surface area contributed by atoms with E-state index in [1.54, 1.807) is 11.3 Å². The molecule has 0 unspecified atom stereocenters. The largest absolute Gasteiger partial charge is 0.352 e. The van der Waals surface area contributed by atoms with E-state index in [1.165, 1.54) is 0 Å². The van der Waals surface area contributed by atoms with Crippen LogP contribution in [0.5, 0.6) is 0 Å². The fourth-order valence-corrected chi connectivity index (χ4v) is 5.71. The zero-order chi connectivity index (χ0) is 24.4. The smallest absolute Gasteiger partial charge is 0.251 e. The van der Waals surface area contributed by atoms with Crippen LogP contribution in [0.4, 0.5) is 5.69 Å². The van der Waals surface area contributed by atoms with Crippen LogP contribution < -0.4 is 10.2 Å². The van der Waals surface area contributed by atoms with Crippen molar-refractivity contribution >= 4 is 44.0 Å².